The van der Waals surface area contributed by atoms with Gasteiger partial charge in [0.05, 0.1) is 19.8 Å². The van der Waals surface area contributed by atoms with E-state index in [1.165, 1.54) is 6.26 Å². The number of carbonyl (C=O) groups excluding carboxylic acids is 1. The van der Waals surface area contributed by atoms with Crippen molar-refractivity contribution in [2.45, 2.75) is 6.92 Å². The van der Waals surface area contributed by atoms with Crippen molar-refractivity contribution < 1.29 is 18.7 Å². The predicted molar refractivity (Wildman–Crippen MR) is 66.4 cm³/mol. The Kier molecular flexibility index (Phi) is 3.37. The minimum absolute atomic E-state index is 0.121. The second-order valence-corrected chi connectivity index (χ2v) is 3.88. The van der Waals surface area contributed by atoms with Crippen LogP contribution in [-0.2, 0) is 0 Å². The van der Waals surface area contributed by atoms with Crippen molar-refractivity contribution in [2.24, 2.45) is 0 Å². The number of ether oxygens (including phenoxy) is 2. The molecule has 0 amide bonds. The van der Waals surface area contributed by atoms with E-state index < -0.39 is 0 Å². The minimum Gasteiger partial charge on any atom is -0.497 e. The zero-order valence-electron chi connectivity index (χ0n) is 10.5. The number of rotatable bonds is 4. The summed E-state index contributed by atoms with van der Waals surface area (Å²) in [7, 11) is 3.09. The van der Waals surface area contributed by atoms with E-state index in [4.69, 9.17) is 13.9 Å². The number of hydrogen-bond donors (Lipinski definition) is 0. The van der Waals surface area contributed by atoms with Crippen LogP contribution >= 0.6 is 0 Å². The fourth-order valence-electron chi connectivity index (χ4n) is 1.67. The van der Waals surface area contributed by atoms with Crippen molar-refractivity contribution in [1.29, 1.82) is 0 Å². The summed E-state index contributed by atoms with van der Waals surface area (Å²) in [5.41, 5.74) is 1.02. The Balaban J connectivity index is 2.40. The minimum atomic E-state index is -0.121. The summed E-state index contributed by atoms with van der Waals surface area (Å²) in [6.07, 6.45) is 1.45. The zero-order chi connectivity index (χ0) is 13.1. The second kappa shape index (κ2) is 4.96. The number of methoxy groups -OCH3 is 2. The predicted octanol–water partition coefficient (Wildman–Crippen LogP) is 2.84. The molecule has 0 N–H and O–H groups in total. The van der Waals surface area contributed by atoms with Crippen LogP contribution in [0.5, 0.6) is 11.5 Å². The summed E-state index contributed by atoms with van der Waals surface area (Å²) in [4.78, 5) is 12.2. The van der Waals surface area contributed by atoms with Crippen molar-refractivity contribution in [3.05, 3.63) is 47.4 Å². The molecule has 2 aromatic rings. The summed E-state index contributed by atoms with van der Waals surface area (Å²) in [6.45, 7) is 1.79. The smallest absolute Gasteiger partial charge is 0.196 e. The highest BCUT2D eigenvalue weighted by Crippen LogP contribution is 2.24. The number of furan rings is 1. The topological polar surface area (TPSA) is 48.7 Å². The maximum absolute atomic E-state index is 12.2. The lowest BCUT2D eigenvalue weighted by atomic mass is 10.1. The van der Waals surface area contributed by atoms with Gasteiger partial charge in [-0.25, -0.2) is 0 Å². The molecule has 0 aliphatic carbocycles. The van der Waals surface area contributed by atoms with Gasteiger partial charge in [0.25, 0.3) is 0 Å². The molecule has 94 valence electrons. The number of hydrogen-bond acceptors (Lipinski definition) is 4. The van der Waals surface area contributed by atoms with Gasteiger partial charge in [0, 0.05) is 11.6 Å². The third kappa shape index (κ3) is 2.37. The fourth-order valence-corrected chi connectivity index (χ4v) is 1.67. The van der Waals surface area contributed by atoms with Crippen LogP contribution in [0.25, 0.3) is 0 Å². The van der Waals surface area contributed by atoms with Crippen molar-refractivity contribution >= 4 is 5.78 Å². The van der Waals surface area contributed by atoms with Crippen molar-refractivity contribution in [2.75, 3.05) is 14.2 Å². The lowest BCUT2D eigenvalue weighted by Crippen LogP contribution is -2.01. The molecule has 4 heteroatoms. The third-order valence-electron chi connectivity index (χ3n) is 2.61. The Morgan fingerprint density at radius 2 is 1.61 bits per heavy atom. The first-order valence-electron chi connectivity index (χ1n) is 5.47. The van der Waals surface area contributed by atoms with Crippen LogP contribution < -0.4 is 9.47 Å². The molecular formula is C14H14O4. The van der Waals surface area contributed by atoms with Crippen LogP contribution in [0.3, 0.4) is 0 Å². The van der Waals surface area contributed by atoms with Gasteiger partial charge in [-0.2, -0.15) is 0 Å². The Morgan fingerprint density at radius 1 is 1.00 bits per heavy atom. The van der Waals surface area contributed by atoms with E-state index in [1.807, 2.05) is 0 Å². The second-order valence-electron chi connectivity index (χ2n) is 3.88. The van der Waals surface area contributed by atoms with Gasteiger partial charge in [0.2, 0.25) is 0 Å². The zero-order valence-corrected chi connectivity index (χ0v) is 10.5. The highest BCUT2D eigenvalue weighted by molar-refractivity contribution is 6.09. The number of aryl methyl sites for hydroxylation is 1. The molecule has 1 aromatic heterocycles. The molecule has 0 aliphatic rings. The van der Waals surface area contributed by atoms with E-state index >= 15 is 0 Å². The van der Waals surface area contributed by atoms with Crippen molar-refractivity contribution in [3.63, 3.8) is 0 Å². The average molecular weight is 246 g/mol. The maximum Gasteiger partial charge on any atom is 0.196 e. The van der Waals surface area contributed by atoms with Gasteiger partial charge >= 0.3 is 0 Å². The summed E-state index contributed by atoms with van der Waals surface area (Å²) in [6, 6.07) is 6.77. The van der Waals surface area contributed by atoms with Crippen LogP contribution in [0, 0.1) is 6.92 Å². The van der Waals surface area contributed by atoms with Crippen molar-refractivity contribution in [1.82, 2.24) is 0 Å². The van der Waals surface area contributed by atoms with Crippen LogP contribution in [-0.4, -0.2) is 20.0 Å². The molecule has 4 nitrogen and oxygen atoms in total. The molecule has 0 spiro atoms. The summed E-state index contributed by atoms with van der Waals surface area (Å²) in [5, 5.41) is 0. The quantitative estimate of drug-likeness (QED) is 0.778. The lowest BCUT2D eigenvalue weighted by molar-refractivity contribution is 0.103. The van der Waals surface area contributed by atoms with Gasteiger partial charge in [-0.15, -0.1) is 0 Å². The van der Waals surface area contributed by atoms with Gasteiger partial charge in [-0.05, 0) is 25.1 Å². The maximum atomic E-state index is 12.2. The van der Waals surface area contributed by atoms with Crippen molar-refractivity contribution in [3.8, 4) is 11.5 Å². The Labute approximate surface area is 105 Å². The molecule has 0 saturated heterocycles. The van der Waals surface area contributed by atoms with E-state index in [1.54, 1.807) is 45.4 Å². The molecule has 0 atom stereocenters. The van der Waals surface area contributed by atoms with Gasteiger partial charge in [-0.1, -0.05) is 0 Å². The molecule has 0 unspecified atom stereocenters. The SMILES string of the molecule is COc1cc(OC)cc(C(=O)c2coc(C)c2)c1. The van der Waals surface area contributed by atoms with Crippen LogP contribution in [0.1, 0.15) is 21.7 Å². The molecule has 0 radical (unpaired) electrons. The van der Waals surface area contributed by atoms with Gasteiger partial charge < -0.3 is 13.9 Å². The van der Waals surface area contributed by atoms with Crippen LogP contribution in [0.2, 0.25) is 0 Å². The van der Waals surface area contributed by atoms with Gasteiger partial charge in [0.15, 0.2) is 5.78 Å². The van der Waals surface area contributed by atoms with Crippen LogP contribution in [0.4, 0.5) is 0 Å². The first-order valence-corrected chi connectivity index (χ1v) is 5.47. The van der Waals surface area contributed by atoms with E-state index in [9.17, 15) is 4.79 Å². The molecule has 0 saturated carbocycles. The van der Waals surface area contributed by atoms with E-state index in [2.05, 4.69) is 0 Å². The fraction of sp³-hybridized carbons (Fsp3) is 0.214. The largest absolute Gasteiger partial charge is 0.497 e. The molecule has 0 aliphatic heterocycles. The molecular weight excluding hydrogens is 232 g/mol. The molecule has 1 aromatic carbocycles. The highest BCUT2D eigenvalue weighted by Gasteiger charge is 2.14. The number of benzene rings is 1. The number of ketones is 1. The van der Waals surface area contributed by atoms with Gasteiger partial charge in [-0.3, -0.25) is 4.79 Å². The number of carbonyl (C=O) groups is 1. The summed E-state index contributed by atoms with van der Waals surface area (Å²) < 4.78 is 15.4. The standard InChI is InChI=1S/C14H14O4/c1-9-4-11(8-18-9)14(15)10-5-12(16-2)7-13(6-10)17-3/h4-8H,1-3H3. The first kappa shape index (κ1) is 12.2. The molecule has 0 fully saturated rings. The molecule has 0 bridgehead atoms. The summed E-state index contributed by atoms with van der Waals surface area (Å²) in [5.74, 6) is 1.74. The lowest BCUT2D eigenvalue weighted by Gasteiger charge is -2.06. The summed E-state index contributed by atoms with van der Waals surface area (Å²) >= 11 is 0. The monoisotopic (exact) mass is 246 g/mol. The molecule has 1 heterocycles. The normalized spacial score (nSPS) is 10.2. The van der Waals surface area contributed by atoms with Crippen LogP contribution in [0.15, 0.2) is 34.9 Å². The van der Waals surface area contributed by atoms with Gasteiger partial charge in [0.1, 0.15) is 23.5 Å². The average Bonchev–Trinajstić information content (AvgIpc) is 2.83. The Hall–Kier alpha value is -2.23. The molecule has 18 heavy (non-hydrogen) atoms. The molecule has 2 rings (SSSR count). The van der Waals surface area contributed by atoms with E-state index in [-0.39, 0.29) is 5.78 Å². The Bertz CT molecular complexity index is 547. The third-order valence-corrected chi connectivity index (χ3v) is 2.61. The highest BCUT2D eigenvalue weighted by atomic mass is 16.5. The van der Waals surface area contributed by atoms with E-state index in [0.717, 1.165) is 0 Å². The Morgan fingerprint density at radius 3 is 2.06 bits per heavy atom. The first-order chi connectivity index (χ1) is 8.63. The van der Waals surface area contributed by atoms with E-state index in [0.29, 0.717) is 28.4 Å².